The van der Waals surface area contributed by atoms with Gasteiger partial charge >= 0.3 is 0 Å². The Morgan fingerprint density at radius 3 is 2.63 bits per heavy atom. The fourth-order valence-electron chi connectivity index (χ4n) is 4.45. The van der Waals surface area contributed by atoms with E-state index in [1.54, 1.807) is 0 Å². The predicted octanol–water partition coefficient (Wildman–Crippen LogP) is 0.981. The summed E-state index contributed by atoms with van der Waals surface area (Å²) < 4.78 is 33.6. The minimum Gasteiger partial charge on any atom is -0.368 e. The Bertz CT molecular complexity index is 794. The minimum absolute atomic E-state index is 0.00898. The standard InChI is InChI=1S/C21H28F2N4O3/c1-25-6-8-26(9-7-25)20(28)17-12-15(13-24-17)27(21(29)19-3-2-10-30-19)18-5-4-14(22)11-16(18)23/h4-5,11,15,17,19,24H,2-3,6-10,12-13H2,1H3/t15-,17-,19-/m0/s1. The van der Waals surface area contributed by atoms with Crippen molar-refractivity contribution in [3.63, 3.8) is 0 Å². The zero-order chi connectivity index (χ0) is 21.3. The van der Waals surface area contributed by atoms with Crippen molar-refractivity contribution >= 4 is 17.5 Å². The first-order valence-electron chi connectivity index (χ1n) is 10.5. The van der Waals surface area contributed by atoms with E-state index >= 15 is 0 Å². The first-order chi connectivity index (χ1) is 14.4. The van der Waals surface area contributed by atoms with Gasteiger partial charge < -0.3 is 24.8 Å². The summed E-state index contributed by atoms with van der Waals surface area (Å²) in [6.07, 6.45) is 1.08. The molecule has 0 aromatic heterocycles. The molecule has 1 aromatic carbocycles. The van der Waals surface area contributed by atoms with Gasteiger partial charge in [-0.05, 0) is 38.4 Å². The molecular weight excluding hydrogens is 394 g/mol. The molecule has 0 radical (unpaired) electrons. The van der Waals surface area contributed by atoms with Crippen LogP contribution in [0.3, 0.4) is 0 Å². The molecule has 3 aliphatic heterocycles. The molecular formula is C21H28F2N4O3. The van der Waals surface area contributed by atoms with Gasteiger partial charge in [-0.3, -0.25) is 9.59 Å². The lowest BCUT2D eigenvalue weighted by Gasteiger charge is -2.34. The molecule has 0 spiro atoms. The number of hydrogen-bond donors (Lipinski definition) is 1. The molecule has 164 valence electrons. The van der Waals surface area contributed by atoms with Crippen LogP contribution in [0.15, 0.2) is 18.2 Å². The Morgan fingerprint density at radius 1 is 1.20 bits per heavy atom. The second kappa shape index (κ2) is 8.95. The van der Waals surface area contributed by atoms with Gasteiger partial charge in [0.2, 0.25) is 5.91 Å². The Balaban J connectivity index is 1.52. The zero-order valence-electron chi connectivity index (χ0n) is 17.2. The van der Waals surface area contributed by atoms with Crippen LogP contribution in [0.4, 0.5) is 14.5 Å². The van der Waals surface area contributed by atoms with Crippen LogP contribution in [-0.4, -0.2) is 86.2 Å². The van der Waals surface area contributed by atoms with Gasteiger partial charge in [0.25, 0.3) is 5.91 Å². The van der Waals surface area contributed by atoms with Gasteiger partial charge in [-0.15, -0.1) is 0 Å². The quantitative estimate of drug-likeness (QED) is 0.784. The van der Waals surface area contributed by atoms with E-state index < -0.39 is 29.8 Å². The monoisotopic (exact) mass is 422 g/mol. The third-order valence-electron chi connectivity index (χ3n) is 6.20. The molecule has 3 heterocycles. The second-order valence-corrected chi connectivity index (χ2v) is 8.28. The first-order valence-corrected chi connectivity index (χ1v) is 10.5. The largest absolute Gasteiger partial charge is 0.368 e. The number of nitrogens with zero attached hydrogens (tertiary/aromatic N) is 3. The highest BCUT2D eigenvalue weighted by molar-refractivity contribution is 5.97. The molecule has 0 unspecified atom stereocenters. The lowest BCUT2D eigenvalue weighted by Crippen LogP contribution is -2.52. The molecule has 3 saturated heterocycles. The van der Waals surface area contributed by atoms with Crippen molar-refractivity contribution in [1.29, 1.82) is 0 Å². The molecule has 30 heavy (non-hydrogen) atoms. The van der Waals surface area contributed by atoms with Crippen LogP contribution in [0.5, 0.6) is 0 Å². The summed E-state index contributed by atoms with van der Waals surface area (Å²) >= 11 is 0. The number of likely N-dealkylation sites (N-methyl/N-ethyl adjacent to an activating group) is 1. The van der Waals surface area contributed by atoms with E-state index in [1.807, 2.05) is 11.9 Å². The van der Waals surface area contributed by atoms with Crippen LogP contribution in [0.1, 0.15) is 19.3 Å². The molecule has 0 aliphatic carbocycles. The predicted molar refractivity (Wildman–Crippen MR) is 107 cm³/mol. The highest BCUT2D eigenvalue weighted by Crippen LogP contribution is 2.29. The summed E-state index contributed by atoms with van der Waals surface area (Å²) in [7, 11) is 2.03. The Labute approximate surface area is 174 Å². The lowest BCUT2D eigenvalue weighted by molar-refractivity contribution is -0.134. The lowest BCUT2D eigenvalue weighted by atomic mass is 10.1. The van der Waals surface area contributed by atoms with Crippen molar-refractivity contribution in [2.45, 2.75) is 37.5 Å². The van der Waals surface area contributed by atoms with Gasteiger partial charge in [0.1, 0.15) is 17.7 Å². The van der Waals surface area contributed by atoms with Gasteiger partial charge in [-0.1, -0.05) is 0 Å². The molecule has 2 amide bonds. The number of piperazine rings is 1. The van der Waals surface area contributed by atoms with Crippen molar-refractivity contribution in [2.75, 3.05) is 51.3 Å². The van der Waals surface area contributed by atoms with Crippen LogP contribution < -0.4 is 10.2 Å². The van der Waals surface area contributed by atoms with E-state index in [-0.39, 0.29) is 17.5 Å². The van der Waals surface area contributed by atoms with Crippen molar-refractivity contribution < 1.29 is 23.1 Å². The summed E-state index contributed by atoms with van der Waals surface area (Å²) in [5.41, 5.74) is 0.0244. The fraction of sp³-hybridized carbons (Fsp3) is 0.619. The molecule has 0 bridgehead atoms. The normalized spacial score (nSPS) is 27.4. The van der Waals surface area contributed by atoms with E-state index in [2.05, 4.69) is 10.2 Å². The third-order valence-corrected chi connectivity index (χ3v) is 6.20. The Hall–Kier alpha value is -2.10. The minimum atomic E-state index is -0.796. The highest BCUT2D eigenvalue weighted by atomic mass is 19.1. The molecule has 4 rings (SSSR count). The van der Waals surface area contributed by atoms with E-state index in [9.17, 15) is 18.4 Å². The summed E-state index contributed by atoms with van der Waals surface area (Å²) in [5, 5.41) is 3.21. The molecule has 3 atom stereocenters. The molecule has 7 nitrogen and oxygen atoms in total. The molecule has 1 N–H and O–H groups in total. The number of carbonyl (C=O) groups is 2. The Kier molecular flexibility index (Phi) is 6.31. The summed E-state index contributed by atoms with van der Waals surface area (Å²) in [6, 6.07) is 2.36. The maximum atomic E-state index is 14.6. The maximum absolute atomic E-state index is 14.6. The van der Waals surface area contributed by atoms with Crippen molar-refractivity contribution in [1.82, 2.24) is 15.1 Å². The van der Waals surface area contributed by atoms with Gasteiger partial charge in [-0.25, -0.2) is 8.78 Å². The topological polar surface area (TPSA) is 65.1 Å². The van der Waals surface area contributed by atoms with Crippen LogP contribution >= 0.6 is 0 Å². The SMILES string of the molecule is CN1CCN(C(=O)[C@@H]2C[C@H](N(C(=O)[C@@H]3CCCO3)c3ccc(F)cc3F)CN2)CC1. The van der Waals surface area contributed by atoms with Gasteiger partial charge in [0, 0.05) is 45.4 Å². The van der Waals surface area contributed by atoms with Crippen LogP contribution in [0.25, 0.3) is 0 Å². The summed E-state index contributed by atoms with van der Waals surface area (Å²) in [5.74, 6) is -1.82. The number of ether oxygens (including phenoxy) is 1. The first kappa shape index (κ1) is 21.1. The average Bonchev–Trinajstić information content (AvgIpc) is 3.42. The maximum Gasteiger partial charge on any atom is 0.256 e. The zero-order valence-corrected chi connectivity index (χ0v) is 17.2. The van der Waals surface area contributed by atoms with Crippen molar-refractivity contribution in [2.24, 2.45) is 0 Å². The number of halogens is 2. The van der Waals surface area contributed by atoms with Crippen LogP contribution in [-0.2, 0) is 14.3 Å². The van der Waals surface area contributed by atoms with Crippen molar-refractivity contribution in [3.8, 4) is 0 Å². The second-order valence-electron chi connectivity index (χ2n) is 8.28. The summed E-state index contributed by atoms with van der Waals surface area (Å²) in [6.45, 7) is 3.84. The molecule has 9 heteroatoms. The van der Waals surface area contributed by atoms with E-state index in [4.69, 9.17) is 4.74 Å². The number of benzene rings is 1. The smallest absolute Gasteiger partial charge is 0.256 e. The molecule has 3 aliphatic rings. The van der Waals surface area contributed by atoms with E-state index in [0.29, 0.717) is 39.1 Å². The number of nitrogens with one attached hydrogen (secondary N) is 1. The average molecular weight is 422 g/mol. The molecule has 3 fully saturated rings. The number of rotatable bonds is 4. The van der Waals surface area contributed by atoms with E-state index in [1.165, 1.54) is 11.0 Å². The van der Waals surface area contributed by atoms with Crippen LogP contribution in [0, 0.1) is 11.6 Å². The van der Waals surface area contributed by atoms with Gasteiger partial charge in [-0.2, -0.15) is 0 Å². The Morgan fingerprint density at radius 2 is 1.97 bits per heavy atom. The van der Waals surface area contributed by atoms with Crippen molar-refractivity contribution in [3.05, 3.63) is 29.8 Å². The molecule has 0 saturated carbocycles. The number of carbonyl (C=O) groups excluding carboxylic acids is 2. The number of amides is 2. The van der Waals surface area contributed by atoms with Crippen LogP contribution in [0.2, 0.25) is 0 Å². The third kappa shape index (κ3) is 4.33. The van der Waals surface area contributed by atoms with Gasteiger partial charge in [0.15, 0.2) is 0 Å². The number of anilines is 1. The highest BCUT2D eigenvalue weighted by Gasteiger charge is 2.41. The molecule has 1 aromatic rings. The number of hydrogen-bond acceptors (Lipinski definition) is 5. The van der Waals surface area contributed by atoms with Gasteiger partial charge in [0.05, 0.1) is 17.8 Å². The van der Waals surface area contributed by atoms with E-state index in [0.717, 1.165) is 31.6 Å². The summed E-state index contributed by atoms with van der Waals surface area (Å²) in [4.78, 5) is 31.5. The fourth-order valence-corrected chi connectivity index (χ4v) is 4.45.